The summed E-state index contributed by atoms with van der Waals surface area (Å²) in [5.41, 5.74) is 6.33. The zero-order valence-electron chi connectivity index (χ0n) is 16.1. The van der Waals surface area contributed by atoms with Gasteiger partial charge in [0.05, 0.1) is 10.5 Å². The summed E-state index contributed by atoms with van der Waals surface area (Å²) in [6, 6.07) is 9.68. The monoisotopic (exact) mass is 439 g/mol. The van der Waals surface area contributed by atoms with Crippen molar-refractivity contribution in [1.29, 1.82) is 0 Å². The fraction of sp³-hybridized carbons (Fsp3) is 0.263. The predicted molar refractivity (Wildman–Crippen MR) is 111 cm³/mol. The molecule has 8 nitrogen and oxygen atoms in total. The van der Waals surface area contributed by atoms with Crippen LogP contribution in [-0.2, 0) is 19.6 Å². The van der Waals surface area contributed by atoms with Crippen LogP contribution >= 0.6 is 11.6 Å². The summed E-state index contributed by atoms with van der Waals surface area (Å²) in [7, 11) is -3.63. The zero-order valence-corrected chi connectivity index (χ0v) is 17.7. The maximum absolute atomic E-state index is 12.3. The van der Waals surface area contributed by atoms with Crippen LogP contribution in [0.25, 0.3) is 0 Å². The van der Waals surface area contributed by atoms with Crippen molar-refractivity contribution < 1.29 is 22.7 Å². The molecule has 2 aromatic rings. The molecule has 0 unspecified atom stereocenters. The summed E-state index contributed by atoms with van der Waals surface area (Å²) >= 11 is 5.79. The maximum Gasteiger partial charge on any atom is 0.341 e. The van der Waals surface area contributed by atoms with Gasteiger partial charge in [0.25, 0.3) is 5.91 Å². The summed E-state index contributed by atoms with van der Waals surface area (Å²) in [5, 5.41) is 2.93. The molecule has 10 heteroatoms. The highest BCUT2D eigenvalue weighted by molar-refractivity contribution is 7.89. The van der Waals surface area contributed by atoms with Gasteiger partial charge in [-0.2, -0.15) is 0 Å². The highest BCUT2D eigenvalue weighted by atomic mass is 35.5. The fourth-order valence-electron chi connectivity index (χ4n) is 2.34. The normalized spacial score (nSPS) is 12.4. The van der Waals surface area contributed by atoms with E-state index in [2.05, 4.69) is 10.0 Å². The molecule has 0 saturated carbocycles. The van der Waals surface area contributed by atoms with Crippen LogP contribution in [0.5, 0.6) is 0 Å². The maximum atomic E-state index is 12.3. The number of benzene rings is 2. The molecular formula is C19H22ClN3O5S. The molecule has 0 aliphatic carbocycles. The summed E-state index contributed by atoms with van der Waals surface area (Å²) in [6.45, 7) is 4.84. The first kappa shape index (κ1) is 22.7. The highest BCUT2D eigenvalue weighted by Crippen LogP contribution is 2.20. The van der Waals surface area contributed by atoms with Gasteiger partial charge in [-0.3, -0.25) is 4.79 Å². The molecule has 0 aromatic heterocycles. The number of nitrogens with one attached hydrogen (secondary N) is 2. The predicted octanol–water partition coefficient (Wildman–Crippen LogP) is 2.79. The van der Waals surface area contributed by atoms with Gasteiger partial charge in [-0.05, 0) is 63.2 Å². The smallest absolute Gasteiger partial charge is 0.341 e. The molecule has 1 atom stereocenters. The molecule has 4 N–H and O–H groups in total. The first-order valence-corrected chi connectivity index (χ1v) is 10.5. The molecule has 0 aliphatic rings. The number of hydrogen-bond acceptors (Lipinski definition) is 6. The van der Waals surface area contributed by atoms with Gasteiger partial charge in [-0.25, -0.2) is 17.9 Å². The van der Waals surface area contributed by atoms with Gasteiger partial charge in [0.2, 0.25) is 10.0 Å². The van der Waals surface area contributed by atoms with Gasteiger partial charge in [-0.15, -0.1) is 0 Å². The lowest BCUT2D eigenvalue weighted by atomic mass is 10.2. The Morgan fingerprint density at radius 1 is 1.07 bits per heavy atom. The summed E-state index contributed by atoms with van der Waals surface area (Å²) in [5.74, 6) is -1.34. The van der Waals surface area contributed by atoms with E-state index in [4.69, 9.17) is 22.1 Å². The molecule has 0 saturated heterocycles. The second-order valence-corrected chi connectivity index (χ2v) is 8.72. The number of carbonyl (C=O) groups is 2. The number of carbonyl (C=O) groups excluding carboxylic acids is 2. The van der Waals surface area contributed by atoms with Gasteiger partial charge >= 0.3 is 5.97 Å². The van der Waals surface area contributed by atoms with Gasteiger partial charge in [-0.1, -0.05) is 11.6 Å². The van der Waals surface area contributed by atoms with Gasteiger partial charge in [0, 0.05) is 22.4 Å². The number of rotatable bonds is 7. The fourth-order valence-corrected chi connectivity index (χ4v) is 3.77. The lowest BCUT2D eigenvalue weighted by molar-refractivity contribution is -0.123. The van der Waals surface area contributed by atoms with Gasteiger partial charge in [0.15, 0.2) is 6.10 Å². The Balaban J connectivity index is 2.01. The number of hydrogen-bond donors (Lipinski definition) is 3. The van der Waals surface area contributed by atoms with Crippen molar-refractivity contribution in [2.24, 2.45) is 0 Å². The molecule has 0 spiro atoms. The number of sulfonamides is 1. The van der Waals surface area contributed by atoms with Crippen molar-refractivity contribution in [3.63, 3.8) is 0 Å². The first-order valence-electron chi connectivity index (χ1n) is 8.69. The van der Waals surface area contributed by atoms with Crippen molar-refractivity contribution in [2.45, 2.75) is 37.8 Å². The third-order valence-electron chi connectivity index (χ3n) is 3.71. The molecule has 0 radical (unpaired) electrons. The SMILES string of the molecule is CC(C)NS(=O)(=O)c1ccc(NC(=O)[C@H](C)OC(=O)c2ccc(Cl)cc2N)cc1. The third kappa shape index (κ3) is 6.18. The van der Waals surface area contributed by atoms with Crippen LogP contribution < -0.4 is 15.8 Å². The Kier molecular flexibility index (Phi) is 7.23. The van der Waals surface area contributed by atoms with Crippen molar-refractivity contribution >= 4 is 44.9 Å². The van der Waals surface area contributed by atoms with Crippen LogP contribution in [0.4, 0.5) is 11.4 Å². The van der Waals surface area contributed by atoms with Crippen LogP contribution in [0, 0.1) is 0 Å². The van der Waals surface area contributed by atoms with E-state index >= 15 is 0 Å². The number of nitrogen functional groups attached to an aromatic ring is 1. The number of nitrogens with two attached hydrogens (primary N) is 1. The van der Waals surface area contributed by atoms with Crippen LogP contribution in [0.1, 0.15) is 31.1 Å². The second kappa shape index (κ2) is 9.25. The van der Waals surface area contributed by atoms with E-state index in [1.807, 2.05) is 0 Å². The lowest BCUT2D eigenvalue weighted by Crippen LogP contribution is -2.31. The van der Waals surface area contributed by atoms with E-state index in [0.29, 0.717) is 10.7 Å². The lowest BCUT2D eigenvalue weighted by Gasteiger charge is -2.15. The van der Waals surface area contributed by atoms with Crippen LogP contribution in [0.3, 0.4) is 0 Å². The summed E-state index contributed by atoms with van der Waals surface area (Å²) < 4.78 is 31.8. The van der Waals surface area contributed by atoms with E-state index in [-0.39, 0.29) is 22.2 Å². The van der Waals surface area contributed by atoms with Gasteiger partial charge in [0.1, 0.15) is 0 Å². The average Bonchev–Trinajstić information content (AvgIpc) is 2.60. The Morgan fingerprint density at radius 3 is 2.24 bits per heavy atom. The summed E-state index contributed by atoms with van der Waals surface area (Å²) in [4.78, 5) is 24.5. The molecule has 0 bridgehead atoms. The Labute approximate surface area is 174 Å². The van der Waals surface area contributed by atoms with E-state index in [1.54, 1.807) is 13.8 Å². The first-order chi connectivity index (χ1) is 13.5. The quantitative estimate of drug-likeness (QED) is 0.449. The molecule has 0 aliphatic heterocycles. The summed E-state index contributed by atoms with van der Waals surface area (Å²) in [6.07, 6.45) is -1.11. The Morgan fingerprint density at radius 2 is 1.69 bits per heavy atom. The molecule has 2 rings (SSSR count). The minimum atomic E-state index is -3.63. The average molecular weight is 440 g/mol. The standard InChI is InChI=1S/C19H22ClN3O5S/c1-11(2)23-29(26,27)15-7-5-14(6-8-15)22-18(24)12(3)28-19(25)16-9-4-13(20)10-17(16)21/h4-12,23H,21H2,1-3H3,(H,22,24)/t12-/m0/s1. The van der Waals surface area contributed by atoms with Gasteiger partial charge < -0.3 is 15.8 Å². The van der Waals surface area contributed by atoms with Crippen molar-refractivity contribution in [2.75, 3.05) is 11.1 Å². The van der Waals surface area contributed by atoms with E-state index in [0.717, 1.165) is 0 Å². The molecule has 29 heavy (non-hydrogen) atoms. The Hall–Kier alpha value is -2.62. The van der Waals surface area contributed by atoms with Crippen molar-refractivity contribution in [3.8, 4) is 0 Å². The second-order valence-electron chi connectivity index (χ2n) is 6.57. The minimum Gasteiger partial charge on any atom is -0.449 e. The number of amides is 1. The minimum absolute atomic E-state index is 0.0712. The molecule has 156 valence electrons. The highest BCUT2D eigenvalue weighted by Gasteiger charge is 2.21. The molecule has 1 amide bonds. The number of anilines is 2. The molecule has 0 fully saturated rings. The van der Waals surface area contributed by atoms with Crippen LogP contribution in [0.2, 0.25) is 5.02 Å². The Bertz CT molecular complexity index is 1010. The van der Waals surface area contributed by atoms with Crippen molar-refractivity contribution in [3.05, 3.63) is 53.1 Å². The number of ether oxygens (including phenoxy) is 1. The van der Waals surface area contributed by atoms with Crippen LogP contribution in [-0.4, -0.2) is 32.4 Å². The number of halogens is 1. The molecule has 2 aromatic carbocycles. The van der Waals surface area contributed by atoms with Crippen molar-refractivity contribution in [1.82, 2.24) is 4.72 Å². The zero-order chi connectivity index (χ0) is 21.8. The topological polar surface area (TPSA) is 128 Å². The largest absolute Gasteiger partial charge is 0.449 e. The third-order valence-corrected chi connectivity index (χ3v) is 5.62. The van der Waals surface area contributed by atoms with E-state index < -0.39 is 28.0 Å². The van der Waals surface area contributed by atoms with E-state index in [9.17, 15) is 18.0 Å². The molecule has 0 heterocycles. The molecular weight excluding hydrogens is 418 g/mol. The number of esters is 1. The van der Waals surface area contributed by atoms with Crippen LogP contribution in [0.15, 0.2) is 47.4 Å². The van der Waals surface area contributed by atoms with E-state index in [1.165, 1.54) is 49.4 Å².